The van der Waals surface area contributed by atoms with Gasteiger partial charge in [-0.1, -0.05) is 18.5 Å². The van der Waals surface area contributed by atoms with Gasteiger partial charge in [-0.05, 0) is 49.9 Å². The first-order valence-corrected chi connectivity index (χ1v) is 8.01. The molecular formula is C19H28N2O7. The van der Waals surface area contributed by atoms with Gasteiger partial charge in [0.05, 0.1) is 6.61 Å². The maximum Gasteiger partial charge on any atom is 0.414 e. The summed E-state index contributed by atoms with van der Waals surface area (Å²) in [5.74, 6) is -3.82. The summed E-state index contributed by atoms with van der Waals surface area (Å²) in [4.78, 5) is 29.5. The third-order valence-electron chi connectivity index (χ3n) is 2.98. The van der Waals surface area contributed by atoms with Crippen molar-refractivity contribution in [1.82, 2.24) is 10.2 Å². The molecule has 0 unspecified atom stereocenters. The van der Waals surface area contributed by atoms with Gasteiger partial charge in [-0.3, -0.25) is 9.69 Å². The van der Waals surface area contributed by atoms with Gasteiger partial charge in [0.25, 0.3) is 0 Å². The molecule has 0 spiro atoms. The molecule has 28 heavy (non-hydrogen) atoms. The van der Waals surface area contributed by atoms with E-state index in [9.17, 15) is 4.79 Å². The van der Waals surface area contributed by atoms with Crippen LogP contribution >= 0.6 is 0 Å². The van der Waals surface area contributed by atoms with Crippen molar-refractivity contribution in [3.8, 4) is 5.75 Å². The van der Waals surface area contributed by atoms with Crippen LogP contribution in [0.3, 0.4) is 0 Å². The lowest BCUT2D eigenvalue weighted by atomic mass is 10.1. The highest BCUT2D eigenvalue weighted by Gasteiger charge is 2.10. The van der Waals surface area contributed by atoms with Crippen molar-refractivity contribution in [2.75, 3.05) is 32.8 Å². The van der Waals surface area contributed by atoms with E-state index in [4.69, 9.17) is 43.4 Å². The van der Waals surface area contributed by atoms with Crippen LogP contribution < -0.4 is 10.1 Å². The zero-order valence-corrected chi connectivity index (χ0v) is 14.8. The zero-order valence-electron chi connectivity index (χ0n) is 24.8. The molecule has 0 radical (unpaired) electrons. The molecule has 1 amide bonds. The Bertz CT molecular complexity index is 981. The maximum atomic E-state index is 11.0. The standard InChI is InChI=1S/C17H26N2O3.C2H2O4/c20-14-17(21)18-8-5-11-22-16-7-4-6-15(12-16)13-19-9-2-1-3-10-19;3-1(4)2(5)6/h4,6-7,12,20H,1-3,5,8-11,13-14H2,(H,18,21);(H,3,4)(H,5,6)/i1D2,2D2,3D2,9D2,10D2;. The second-order valence-corrected chi connectivity index (χ2v) is 5.15. The first kappa shape index (κ1) is 12.0. The summed E-state index contributed by atoms with van der Waals surface area (Å²) in [5, 5.41) is 25.9. The Hall–Kier alpha value is -2.65. The molecule has 2 rings (SSSR count). The minimum Gasteiger partial charge on any atom is -0.494 e. The number of rotatable bonds is 8. The second-order valence-electron chi connectivity index (χ2n) is 5.15. The average Bonchev–Trinajstić information content (AvgIpc) is 2.81. The summed E-state index contributed by atoms with van der Waals surface area (Å²) in [6, 6.07) is 6.12. The zero-order chi connectivity index (χ0) is 29.7. The molecular weight excluding hydrogens is 368 g/mol. The Morgan fingerprint density at radius 2 is 1.82 bits per heavy atom. The minimum atomic E-state index is -3.44. The summed E-state index contributed by atoms with van der Waals surface area (Å²) in [6.45, 7) is -7.03. The maximum absolute atomic E-state index is 11.0. The molecule has 0 atom stereocenters. The Kier molecular flexibility index (Phi) is 5.80. The van der Waals surface area contributed by atoms with Crippen LogP contribution in [0.5, 0.6) is 5.75 Å². The van der Waals surface area contributed by atoms with Crippen molar-refractivity contribution >= 4 is 17.8 Å². The summed E-state index contributed by atoms with van der Waals surface area (Å²) in [7, 11) is 0. The van der Waals surface area contributed by atoms with Crippen LogP contribution in [0.2, 0.25) is 0 Å². The SMILES string of the molecule is O=C(O)C(=O)O.[2H]C1([2H])N(Cc2cccc(OCCCNC(=O)CO)c2)C([2H])([2H])C([2H])([2H])C([2H])([2H])C1([2H])[2H]. The number of aliphatic hydroxyl groups excluding tert-OH is 1. The molecule has 1 aliphatic heterocycles. The number of nitrogens with one attached hydrogen (secondary N) is 1. The number of benzene rings is 1. The van der Waals surface area contributed by atoms with Gasteiger partial charge in [-0.2, -0.15) is 0 Å². The predicted octanol–water partition coefficient (Wildman–Crippen LogP) is 0.706. The van der Waals surface area contributed by atoms with Crippen molar-refractivity contribution in [2.45, 2.75) is 32.1 Å². The van der Waals surface area contributed by atoms with Gasteiger partial charge in [0.2, 0.25) is 5.91 Å². The van der Waals surface area contributed by atoms with Crippen LogP contribution in [0.25, 0.3) is 0 Å². The molecule has 1 heterocycles. The van der Waals surface area contributed by atoms with Crippen molar-refractivity contribution in [3.63, 3.8) is 0 Å². The van der Waals surface area contributed by atoms with Crippen LogP contribution in [0.4, 0.5) is 0 Å². The van der Waals surface area contributed by atoms with Gasteiger partial charge >= 0.3 is 11.9 Å². The molecule has 1 saturated heterocycles. The number of carbonyl (C=O) groups excluding carboxylic acids is 1. The lowest BCUT2D eigenvalue weighted by Crippen LogP contribution is -2.29. The molecule has 0 aliphatic carbocycles. The van der Waals surface area contributed by atoms with Crippen molar-refractivity contribution in [2.24, 2.45) is 0 Å². The molecule has 4 N–H and O–H groups in total. The number of hydrogen-bond donors (Lipinski definition) is 4. The summed E-state index contributed by atoms with van der Waals surface area (Å²) in [5.41, 5.74) is 0.304. The van der Waals surface area contributed by atoms with Crippen LogP contribution in [-0.4, -0.2) is 70.8 Å². The number of amides is 1. The van der Waals surface area contributed by atoms with Gasteiger partial charge in [0, 0.05) is 26.8 Å². The normalized spacial score (nSPS) is 28.0. The number of aliphatic hydroxyl groups is 1. The molecule has 0 saturated carbocycles. The molecule has 0 aromatic heterocycles. The summed E-state index contributed by atoms with van der Waals surface area (Å²) < 4.78 is 85.8. The van der Waals surface area contributed by atoms with Crippen molar-refractivity contribution in [1.29, 1.82) is 0 Å². The number of carboxylic acid groups (broad SMARTS) is 2. The van der Waals surface area contributed by atoms with E-state index >= 15 is 0 Å². The van der Waals surface area contributed by atoms with E-state index in [0.717, 1.165) is 0 Å². The van der Waals surface area contributed by atoms with E-state index < -0.39 is 63.1 Å². The largest absolute Gasteiger partial charge is 0.494 e. The van der Waals surface area contributed by atoms with E-state index in [0.29, 0.717) is 22.6 Å². The third kappa shape index (κ3) is 10.5. The van der Waals surface area contributed by atoms with E-state index in [1.54, 1.807) is 12.1 Å². The highest BCUT2D eigenvalue weighted by Crippen LogP contribution is 2.17. The molecule has 1 aliphatic rings. The fourth-order valence-corrected chi connectivity index (χ4v) is 1.79. The van der Waals surface area contributed by atoms with Crippen molar-refractivity contribution < 1.29 is 48.1 Å². The fourth-order valence-electron chi connectivity index (χ4n) is 1.79. The van der Waals surface area contributed by atoms with Gasteiger partial charge in [0.15, 0.2) is 0 Å². The van der Waals surface area contributed by atoms with Gasteiger partial charge < -0.3 is 25.4 Å². The number of carboxylic acids is 2. The Balaban J connectivity index is 0.00000107. The monoisotopic (exact) mass is 406 g/mol. The molecule has 0 bridgehead atoms. The van der Waals surface area contributed by atoms with E-state index in [1.165, 1.54) is 12.1 Å². The molecule has 1 aromatic rings. The number of hydrogen-bond acceptors (Lipinski definition) is 6. The number of carbonyl (C=O) groups is 3. The topological polar surface area (TPSA) is 136 Å². The quantitative estimate of drug-likeness (QED) is 0.366. The number of aliphatic carboxylic acids is 2. The number of nitrogens with zero attached hydrogens (tertiary/aromatic N) is 1. The molecule has 1 aromatic carbocycles. The highest BCUT2D eigenvalue weighted by molar-refractivity contribution is 6.27. The van der Waals surface area contributed by atoms with E-state index in [-0.39, 0.29) is 13.2 Å². The summed E-state index contributed by atoms with van der Waals surface area (Å²) in [6.07, 6.45) is -9.73. The molecule has 9 nitrogen and oxygen atoms in total. The first-order chi connectivity index (χ1) is 17.2. The molecule has 1 fully saturated rings. The third-order valence-corrected chi connectivity index (χ3v) is 2.98. The Morgan fingerprint density at radius 1 is 1.14 bits per heavy atom. The first-order valence-electron chi connectivity index (χ1n) is 13.0. The second kappa shape index (κ2) is 13.5. The highest BCUT2D eigenvalue weighted by atomic mass is 16.5. The van der Waals surface area contributed by atoms with Crippen LogP contribution in [-0.2, 0) is 20.9 Å². The minimum absolute atomic E-state index is 0.200. The van der Waals surface area contributed by atoms with Gasteiger partial charge in [0.1, 0.15) is 12.4 Å². The number of piperidine rings is 1. The predicted molar refractivity (Wildman–Crippen MR) is 101 cm³/mol. The summed E-state index contributed by atoms with van der Waals surface area (Å²) >= 11 is 0. The van der Waals surface area contributed by atoms with Crippen molar-refractivity contribution in [3.05, 3.63) is 29.8 Å². The van der Waals surface area contributed by atoms with E-state index in [2.05, 4.69) is 5.32 Å². The molecule has 156 valence electrons. The van der Waals surface area contributed by atoms with Crippen LogP contribution in [0.1, 0.15) is 44.8 Å². The van der Waals surface area contributed by atoms with Crippen LogP contribution in [0.15, 0.2) is 24.3 Å². The lowest BCUT2D eigenvalue weighted by Gasteiger charge is -2.26. The smallest absolute Gasteiger partial charge is 0.414 e. The van der Waals surface area contributed by atoms with Gasteiger partial charge in [-0.15, -0.1) is 0 Å². The lowest BCUT2D eigenvalue weighted by molar-refractivity contribution is -0.159. The molecule has 9 heteroatoms. The van der Waals surface area contributed by atoms with Crippen LogP contribution in [0, 0.1) is 0 Å². The number of ether oxygens (including phenoxy) is 1. The average molecular weight is 407 g/mol. The van der Waals surface area contributed by atoms with E-state index in [1.807, 2.05) is 0 Å². The Labute approximate surface area is 178 Å². The number of likely N-dealkylation sites (tertiary alicyclic amines) is 1. The van der Waals surface area contributed by atoms with Gasteiger partial charge in [-0.25, -0.2) is 9.59 Å². The fraction of sp³-hybridized carbons (Fsp3) is 0.526. The Morgan fingerprint density at radius 3 is 2.43 bits per heavy atom.